The molecule has 2 fully saturated rings. The Morgan fingerprint density at radius 2 is 1.83 bits per heavy atom. The van der Waals surface area contributed by atoms with Gasteiger partial charge in [-0.1, -0.05) is 0 Å². The summed E-state index contributed by atoms with van der Waals surface area (Å²) >= 11 is 0. The Labute approximate surface area is 127 Å². The SMILES string of the molecule is O=Cc1cn([C@H]2O[C@@H]3[C@H](O)[C@H](O)[C@H](C(=O)O)O[C@@H]3[C@@H]2O)c(=O)[nH]1. The van der Waals surface area contributed by atoms with Crippen molar-refractivity contribution in [2.24, 2.45) is 0 Å². The van der Waals surface area contributed by atoms with Crippen LogP contribution in [0.1, 0.15) is 16.7 Å². The molecule has 2 aliphatic rings. The fourth-order valence-corrected chi connectivity index (χ4v) is 2.84. The molecule has 3 rings (SSSR count). The minimum absolute atomic E-state index is 0.0504. The number of hydrogen-bond acceptors (Lipinski definition) is 8. The lowest BCUT2D eigenvalue weighted by atomic mass is 9.94. The number of hydrogen-bond donors (Lipinski definition) is 5. The molecule has 126 valence electrons. The number of carboxylic acid groups (broad SMARTS) is 1. The summed E-state index contributed by atoms with van der Waals surface area (Å²) in [6.07, 6.45) is -8.92. The lowest BCUT2D eigenvalue weighted by molar-refractivity contribution is -0.224. The van der Waals surface area contributed by atoms with E-state index in [0.29, 0.717) is 6.29 Å². The molecule has 2 saturated heterocycles. The molecule has 1 aromatic heterocycles. The summed E-state index contributed by atoms with van der Waals surface area (Å²) in [5, 5.41) is 39.0. The van der Waals surface area contributed by atoms with Gasteiger partial charge in [-0.2, -0.15) is 0 Å². The summed E-state index contributed by atoms with van der Waals surface area (Å²) in [7, 11) is 0. The third-order valence-corrected chi connectivity index (χ3v) is 3.96. The van der Waals surface area contributed by atoms with Crippen molar-refractivity contribution in [1.29, 1.82) is 0 Å². The second-order valence-electron chi connectivity index (χ2n) is 5.36. The quantitative estimate of drug-likeness (QED) is 0.358. The molecule has 0 aliphatic carbocycles. The highest BCUT2D eigenvalue weighted by molar-refractivity contribution is 5.73. The van der Waals surface area contributed by atoms with E-state index in [1.54, 1.807) is 0 Å². The number of aromatic nitrogens is 2. The molecule has 3 heterocycles. The summed E-state index contributed by atoms with van der Waals surface area (Å²) in [5.74, 6) is -1.51. The van der Waals surface area contributed by atoms with Gasteiger partial charge in [0.05, 0.1) is 5.69 Å². The first-order valence-electron chi connectivity index (χ1n) is 6.69. The largest absolute Gasteiger partial charge is 0.479 e. The second kappa shape index (κ2) is 5.54. The number of fused-ring (bicyclic) bond motifs is 1. The number of aliphatic hydroxyl groups excluding tert-OH is 3. The van der Waals surface area contributed by atoms with Gasteiger partial charge in [0.15, 0.2) is 18.6 Å². The smallest absolute Gasteiger partial charge is 0.335 e. The minimum atomic E-state index is -1.76. The average molecular weight is 330 g/mol. The molecule has 7 atom stereocenters. The van der Waals surface area contributed by atoms with E-state index in [-0.39, 0.29) is 5.69 Å². The van der Waals surface area contributed by atoms with Gasteiger partial charge in [-0.25, -0.2) is 9.59 Å². The van der Waals surface area contributed by atoms with Crippen molar-refractivity contribution in [3.63, 3.8) is 0 Å². The van der Waals surface area contributed by atoms with Crippen LogP contribution < -0.4 is 5.69 Å². The Balaban J connectivity index is 1.91. The zero-order valence-corrected chi connectivity index (χ0v) is 11.5. The molecule has 0 bridgehead atoms. The van der Waals surface area contributed by atoms with E-state index in [4.69, 9.17) is 14.6 Å². The van der Waals surface area contributed by atoms with Crippen LogP contribution in [0.5, 0.6) is 0 Å². The highest BCUT2D eigenvalue weighted by atomic mass is 16.6. The maximum atomic E-state index is 11.8. The Hall–Kier alpha value is -2.05. The Morgan fingerprint density at radius 3 is 2.39 bits per heavy atom. The van der Waals surface area contributed by atoms with Gasteiger partial charge >= 0.3 is 11.7 Å². The molecule has 0 aromatic carbocycles. The molecule has 0 spiro atoms. The number of aliphatic hydroxyl groups is 3. The van der Waals surface area contributed by atoms with Crippen LogP contribution >= 0.6 is 0 Å². The van der Waals surface area contributed by atoms with E-state index in [0.717, 1.165) is 10.8 Å². The molecular weight excluding hydrogens is 316 g/mol. The number of nitrogens with zero attached hydrogens (tertiary/aromatic N) is 1. The van der Waals surface area contributed by atoms with Crippen molar-refractivity contribution in [3.8, 4) is 0 Å². The third-order valence-electron chi connectivity index (χ3n) is 3.96. The van der Waals surface area contributed by atoms with Crippen LogP contribution in [0.2, 0.25) is 0 Å². The molecule has 11 nitrogen and oxygen atoms in total. The van der Waals surface area contributed by atoms with Gasteiger partial charge in [-0.15, -0.1) is 0 Å². The molecular formula is C12H14N2O9. The maximum Gasteiger partial charge on any atom is 0.335 e. The molecule has 23 heavy (non-hydrogen) atoms. The first kappa shape index (κ1) is 15.8. The Bertz CT molecular complexity index is 682. The molecule has 5 N–H and O–H groups in total. The number of aldehydes is 1. The first-order valence-corrected chi connectivity index (χ1v) is 6.69. The number of aliphatic carboxylic acids is 1. The van der Waals surface area contributed by atoms with Crippen molar-refractivity contribution >= 4 is 12.3 Å². The summed E-state index contributed by atoms with van der Waals surface area (Å²) in [5.41, 5.74) is -0.787. The third kappa shape index (κ3) is 2.38. The van der Waals surface area contributed by atoms with E-state index in [1.165, 1.54) is 0 Å². The van der Waals surface area contributed by atoms with Crippen molar-refractivity contribution < 1.29 is 39.5 Å². The number of imidazole rings is 1. The van der Waals surface area contributed by atoms with Gasteiger partial charge in [0, 0.05) is 6.20 Å². The second-order valence-corrected chi connectivity index (χ2v) is 5.36. The zero-order chi connectivity index (χ0) is 16.9. The van der Waals surface area contributed by atoms with Crippen LogP contribution in [-0.4, -0.2) is 78.9 Å². The molecule has 2 aliphatic heterocycles. The van der Waals surface area contributed by atoms with Crippen molar-refractivity contribution in [1.82, 2.24) is 9.55 Å². The molecule has 1 aromatic rings. The Kier molecular flexibility index (Phi) is 3.82. The van der Waals surface area contributed by atoms with E-state index in [2.05, 4.69) is 4.98 Å². The topological polar surface area (TPSA) is 171 Å². The van der Waals surface area contributed by atoms with Gasteiger partial charge in [0.1, 0.15) is 30.5 Å². The number of carbonyl (C=O) groups is 2. The van der Waals surface area contributed by atoms with Crippen LogP contribution in [0.15, 0.2) is 11.0 Å². The Morgan fingerprint density at radius 1 is 1.17 bits per heavy atom. The van der Waals surface area contributed by atoms with Gasteiger partial charge in [0.2, 0.25) is 0 Å². The number of ether oxygens (including phenoxy) is 2. The van der Waals surface area contributed by atoms with Crippen LogP contribution in [0.25, 0.3) is 0 Å². The van der Waals surface area contributed by atoms with Crippen LogP contribution in [-0.2, 0) is 14.3 Å². The van der Waals surface area contributed by atoms with E-state index in [9.17, 15) is 29.7 Å². The van der Waals surface area contributed by atoms with Gasteiger partial charge in [-0.05, 0) is 0 Å². The normalized spacial score (nSPS) is 39.9. The predicted molar refractivity (Wildman–Crippen MR) is 68.7 cm³/mol. The summed E-state index contributed by atoms with van der Waals surface area (Å²) in [6.45, 7) is 0. The summed E-state index contributed by atoms with van der Waals surface area (Å²) < 4.78 is 11.4. The van der Waals surface area contributed by atoms with E-state index in [1.807, 2.05) is 0 Å². The molecule has 0 radical (unpaired) electrons. The first-order chi connectivity index (χ1) is 10.8. The van der Waals surface area contributed by atoms with E-state index >= 15 is 0 Å². The highest BCUT2D eigenvalue weighted by Crippen LogP contribution is 2.37. The monoisotopic (exact) mass is 330 g/mol. The maximum absolute atomic E-state index is 11.8. The molecule has 0 unspecified atom stereocenters. The summed E-state index contributed by atoms with van der Waals surface area (Å²) in [4.78, 5) is 35.7. The van der Waals surface area contributed by atoms with Gasteiger partial charge in [0.25, 0.3) is 0 Å². The minimum Gasteiger partial charge on any atom is -0.479 e. The number of carboxylic acids is 1. The number of H-pyrrole nitrogens is 1. The fraction of sp³-hybridized carbons (Fsp3) is 0.583. The lowest BCUT2D eigenvalue weighted by Gasteiger charge is -2.37. The highest BCUT2D eigenvalue weighted by Gasteiger charge is 2.57. The van der Waals surface area contributed by atoms with Gasteiger partial charge < -0.3 is 34.9 Å². The fourth-order valence-electron chi connectivity index (χ4n) is 2.84. The number of carbonyl (C=O) groups excluding carboxylic acids is 1. The standard InChI is InChI=1S/C12H14N2O9/c15-2-3-1-14(12(21)13-3)10-6(18)8-7(23-10)4(16)5(17)9(22-8)11(19)20/h1-2,4-10,16-18H,(H,13,21)(H,19,20)/t4-,5+,6+,7-,8-,9-,10+/m1/s1. The molecule has 0 saturated carbocycles. The van der Waals surface area contributed by atoms with E-state index < -0.39 is 54.5 Å². The van der Waals surface area contributed by atoms with Crippen LogP contribution in [0.4, 0.5) is 0 Å². The number of rotatable bonds is 3. The number of aromatic amines is 1. The zero-order valence-electron chi connectivity index (χ0n) is 11.5. The van der Waals surface area contributed by atoms with Crippen molar-refractivity contribution in [3.05, 3.63) is 22.4 Å². The predicted octanol–water partition coefficient (Wildman–Crippen LogP) is -3.18. The summed E-state index contributed by atoms with van der Waals surface area (Å²) in [6, 6.07) is 0. The lowest BCUT2D eigenvalue weighted by Crippen LogP contribution is -2.60. The number of nitrogens with one attached hydrogen (secondary N) is 1. The van der Waals surface area contributed by atoms with Crippen molar-refractivity contribution in [2.75, 3.05) is 0 Å². The van der Waals surface area contributed by atoms with Crippen LogP contribution in [0.3, 0.4) is 0 Å². The molecule has 11 heteroatoms. The van der Waals surface area contributed by atoms with Crippen molar-refractivity contribution in [2.45, 2.75) is 42.9 Å². The van der Waals surface area contributed by atoms with Gasteiger partial charge in [-0.3, -0.25) is 9.36 Å². The van der Waals surface area contributed by atoms with Crippen LogP contribution in [0, 0.1) is 0 Å². The average Bonchev–Trinajstić information content (AvgIpc) is 3.03. The molecule has 0 amide bonds.